The fourth-order valence-corrected chi connectivity index (χ4v) is 2.92. The maximum atomic E-state index is 6.02. The summed E-state index contributed by atoms with van der Waals surface area (Å²) in [6, 6.07) is 6.00. The van der Waals surface area contributed by atoms with Crippen LogP contribution in [0.4, 0.5) is 5.69 Å². The lowest BCUT2D eigenvalue weighted by Crippen LogP contribution is -2.31. The number of halogens is 1. The van der Waals surface area contributed by atoms with E-state index < -0.39 is 0 Å². The van der Waals surface area contributed by atoms with Crippen molar-refractivity contribution in [2.45, 2.75) is 19.4 Å². The molecule has 2 rings (SSSR count). The lowest BCUT2D eigenvalue weighted by Gasteiger charge is -2.22. The van der Waals surface area contributed by atoms with Crippen LogP contribution in [0.2, 0.25) is 0 Å². The SMILES string of the molecule is CN(CCN1CCCC1)Cc1c(N)cccc1Br. The molecule has 0 unspecified atom stereocenters. The Morgan fingerprint density at radius 3 is 2.72 bits per heavy atom. The summed E-state index contributed by atoms with van der Waals surface area (Å²) in [4.78, 5) is 4.88. The highest BCUT2D eigenvalue weighted by Crippen LogP contribution is 2.23. The maximum Gasteiger partial charge on any atom is 0.0371 e. The first-order valence-electron chi connectivity index (χ1n) is 6.60. The van der Waals surface area contributed by atoms with Crippen LogP contribution in [0.15, 0.2) is 22.7 Å². The van der Waals surface area contributed by atoms with Gasteiger partial charge in [-0.3, -0.25) is 0 Å². The summed E-state index contributed by atoms with van der Waals surface area (Å²) in [5, 5.41) is 0. The largest absolute Gasteiger partial charge is 0.398 e. The predicted molar refractivity (Wildman–Crippen MR) is 80.6 cm³/mol. The molecule has 0 atom stereocenters. The van der Waals surface area contributed by atoms with Crippen molar-refractivity contribution in [3.05, 3.63) is 28.2 Å². The molecule has 0 bridgehead atoms. The normalized spacial score (nSPS) is 16.6. The number of benzene rings is 1. The van der Waals surface area contributed by atoms with Crippen molar-refractivity contribution in [3.8, 4) is 0 Å². The summed E-state index contributed by atoms with van der Waals surface area (Å²) < 4.78 is 1.11. The Balaban J connectivity index is 1.84. The van der Waals surface area contributed by atoms with Crippen molar-refractivity contribution < 1.29 is 0 Å². The Bertz CT molecular complexity index is 368. The van der Waals surface area contributed by atoms with Crippen molar-refractivity contribution in [2.75, 3.05) is 39.0 Å². The van der Waals surface area contributed by atoms with Crippen LogP contribution in [-0.2, 0) is 6.54 Å². The molecule has 0 radical (unpaired) electrons. The summed E-state index contributed by atoms with van der Waals surface area (Å²) in [5.74, 6) is 0. The van der Waals surface area contributed by atoms with Crippen LogP contribution < -0.4 is 5.73 Å². The number of likely N-dealkylation sites (N-methyl/N-ethyl adjacent to an activating group) is 1. The lowest BCUT2D eigenvalue weighted by atomic mass is 10.1. The van der Waals surface area contributed by atoms with Gasteiger partial charge in [0.15, 0.2) is 0 Å². The Morgan fingerprint density at radius 2 is 2.06 bits per heavy atom. The third-order valence-corrected chi connectivity index (χ3v) is 4.32. The number of nitrogens with zero attached hydrogens (tertiary/aromatic N) is 2. The molecule has 1 heterocycles. The zero-order valence-electron chi connectivity index (χ0n) is 11.0. The summed E-state index contributed by atoms with van der Waals surface area (Å²) in [6.07, 6.45) is 2.72. The highest BCUT2D eigenvalue weighted by Gasteiger charge is 2.13. The van der Waals surface area contributed by atoms with E-state index in [1.807, 2.05) is 12.1 Å². The average molecular weight is 312 g/mol. The number of rotatable bonds is 5. The second-order valence-electron chi connectivity index (χ2n) is 5.09. The van der Waals surface area contributed by atoms with Crippen molar-refractivity contribution in [1.82, 2.24) is 9.80 Å². The minimum atomic E-state index is 0.873. The number of anilines is 1. The smallest absolute Gasteiger partial charge is 0.0371 e. The molecule has 100 valence electrons. The Hall–Kier alpha value is -0.580. The van der Waals surface area contributed by atoms with Gasteiger partial charge in [0, 0.05) is 35.4 Å². The minimum absolute atomic E-state index is 0.873. The van der Waals surface area contributed by atoms with Gasteiger partial charge in [-0.2, -0.15) is 0 Å². The Morgan fingerprint density at radius 1 is 1.33 bits per heavy atom. The molecule has 18 heavy (non-hydrogen) atoms. The zero-order chi connectivity index (χ0) is 13.0. The molecular weight excluding hydrogens is 290 g/mol. The monoisotopic (exact) mass is 311 g/mol. The van der Waals surface area contributed by atoms with E-state index in [1.165, 1.54) is 38.0 Å². The van der Waals surface area contributed by atoms with Gasteiger partial charge in [0.25, 0.3) is 0 Å². The van der Waals surface area contributed by atoms with Gasteiger partial charge in [-0.1, -0.05) is 22.0 Å². The van der Waals surface area contributed by atoms with Crippen molar-refractivity contribution in [2.24, 2.45) is 0 Å². The molecule has 2 N–H and O–H groups in total. The van der Waals surface area contributed by atoms with Gasteiger partial charge in [-0.25, -0.2) is 0 Å². The van der Waals surface area contributed by atoms with Crippen LogP contribution in [0.5, 0.6) is 0 Å². The van der Waals surface area contributed by atoms with Gasteiger partial charge >= 0.3 is 0 Å². The average Bonchev–Trinajstić information content (AvgIpc) is 2.84. The Kier molecular flexibility index (Phi) is 5.03. The first-order valence-corrected chi connectivity index (χ1v) is 7.40. The number of likely N-dealkylation sites (tertiary alicyclic amines) is 1. The maximum absolute atomic E-state index is 6.02. The summed E-state index contributed by atoms with van der Waals surface area (Å²) in [7, 11) is 2.16. The molecule has 3 nitrogen and oxygen atoms in total. The number of nitrogen functional groups attached to an aromatic ring is 1. The fraction of sp³-hybridized carbons (Fsp3) is 0.571. The fourth-order valence-electron chi connectivity index (χ4n) is 2.41. The van der Waals surface area contributed by atoms with Gasteiger partial charge in [0.05, 0.1) is 0 Å². The molecule has 1 aliphatic heterocycles. The molecule has 0 spiro atoms. The summed E-state index contributed by atoms with van der Waals surface area (Å²) in [5.41, 5.74) is 8.09. The van der Waals surface area contributed by atoms with Gasteiger partial charge in [-0.05, 0) is 45.1 Å². The first-order chi connectivity index (χ1) is 8.66. The molecule has 1 saturated heterocycles. The minimum Gasteiger partial charge on any atom is -0.398 e. The van der Waals surface area contributed by atoms with E-state index in [9.17, 15) is 0 Å². The van der Waals surface area contributed by atoms with Gasteiger partial charge < -0.3 is 15.5 Å². The topological polar surface area (TPSA) is 32.5 Å². The summed E-state index contributed by atoms with van der Waals surface area (Å²) >= 11 is 3.58. The molecule has 0 amide bonds. The van der Waals surface area contributed by atoms with Crippen LogP contribution in [0.25, 0.3) is 0 Å². The van der Waals surface area contributed by atoms with Crippen LogP contribution in [0.3, 0.4) is 0 Å². The molecule has 1 aliphatic rings. The number of nitrogens with two attached hydrogens (primary N) is 1. The van der Waals surface area contributed by atoms with Crippen LogP contribution in [0, 0.1) is 0 Å². The molecule has 4 heteroatoms. The molecule has 0 aliphatic carbocycles. The highest BCUT2D eigenvalue weighted by atomic mass is 79.9. The first kappa shape index (κ1) is 13.8. The van der Waals surface area contributed by atoms with Crippen molar-refractivity contribution >= 4 is 21.6 Å². The molecule has 0 saturated carbocycles. The van der Waals surface area contributed by atoms with Gasteiger partial charge in [0.1, 0.15) is 0 Å². The van der Waals surface area contributed by atoms with Crippen LogP contribution >= 0.6 is 15.9 Å². The molecule has 1 aromatic rings. The quantitative estimate of drug-likeness (QED) is 0.848. The van der Waals surface area contributed by atoms with E-state index in [2.05, 4.69) is 38.8 Å². The third kappa shape index (κ3) is 3.70. The molecule has 1 aromatic carbocycles. The molecule has 1 fully saturated rings. The second kappa shape index (κ2) is 6.55. The standard InChI is InChI=1S/C14H22BrN3/c1-17(9-10-18-7-2-3-8-18)11-12-13(15)5-4-6-14(12)16/h4-6H,2-3,7-11,16H2,1H3. The van der Waals surface area contributed by atoms with Crippen LogP contribution in [0.1, 0.15) is 18.4 Å². The number of hydrogen-bond donors (Lipinski definition) is 1. The van der Waals surface area contributed by atoms with Crippen molar-refractivity contribution in [1.29, 1.82) is 0 Å². The van der Waals surface area contributed by atoms with E-state index in [0.29, 0.717) is 0 Å². The van der Waals surface area contributed by atoms with Crippen molar-refractivity contribution in [3.63, 3.8) is 0 Å². The van der Waals surface area contributed by atoms with E-state index in [-0.39, 0.29) is 0 Å². The molecular formula is C14H22BrN3. The Labute approximate surface area is 118 Å². The van der Waals surface area contributed by atoms with E-state index >= 15 is 0 Å². The van der Waals surface area contributed by atoms with Gasteiger partial charge in [0.2, 0.25) is 0 Å². The van der Waals surface area contributed by atoms with E-state index in [1.54, 1.807) is 0 Å². The zero-order valence-corrected chi connectivity index (χ0v) is 12.6. The highest BCUT2D eigenvalue weighted by molar-refractivity contribution is 9.10. The molecule has 0 aromatic heterocycles. The third-order valence-electron chi connectivity index (χ3n) is 3.58. The lowest BCUT2D eigenvalue weighted by molar-refractivity contribution is 0.252. The summed E-state index contributed by atoms with van der Waals surface area (Å²) in [6.45, 7) is 5.71. The van der Waals surface area contributed by atoms with E-state index in [0.717, 1.165) is 23.2 Å². The van der Waals surface area contributed by atoms with E-state index in [4.69, 9.17) is 5.73 Å². The predicted octanol–water partition coefficient (Wildman–Crippen LogP) is 2.56. The number of hydrogen-bond acceptors (Lipinski definition) is 3. The second-order valence-corrected chi connectivity index (χ2v) is 5.95. The van der Waals surface area contributed by atoms with Gasteiger partial charge in [-0.15, -0.1) is 0 Å². The van der Waals surface area contributed by atoms with Crippen LogP contribution in [-0.4, -0.2) is 43.0 Å².